The highest BCUT2D eigenvalue weighted by molar-refractivity contribution is 6.21. The van der Waals surface area contributed by atoms with E-state index in [4.69, 9.17) is 9.47 Å². The molecule has 6 heteroatoms. The average molecular weight is 581 g/mol. The largest absolute Gasteiger partial charge is 0.457 e. The second-order valence-electron chi connectivity index (χ2n) is 11.9. The average Bonchev–Trinajstić information content (AvgIpc) is 3.56. The van der Waals surface area contributed by atoms with Crippen LogP contribution in [-0.4, -0.2) is 23.8 Å². The van der Waals surface area contributed by atoms with Crippen LogP contribution in [0.25, 0.3) is 0 Å². The minimum atomic E-state index is -0.314. The van der Waals surface area contributed by atoms with Crippen LogP contribution < -0.4 is 14.4 Å². The van der Waals surface area contributed by atoms with Crippen LogP contribution in [0.2, 0.25) is 0 Å². The monoisotopic (exact) mass is 580 g/mol. The fourth-order valence-electron chi connectivity index (χ4n) is 5.98. The predicted octanol–water partition coefficient (Wildman–Crippen LogP) is 8.34. The number of fused-ring (bicyclic) bond motifs is 2. The van der Waals surface area contributed by atoms with Gasteiger partial charge in [0.15, 0.2) is 0 Å². The molecule has 2 aliphatic heterocycles. The normalized spacial score (nSPS) is 14.1. The van der Waals surface area contributed by atoms with Gasteiger partial charge in [0.25, 0.3) is 11.8 Å². The van der Waals surface area contributed by atoms with E-state index in [-0.39, 0.29) is 17.2 Å². The number of carbonyl (C=O) groups excluding carboxylic acids is 2. The standard InChI is InChI=1S/C38H32N2O4/c1-38(2,28-12-17-31(18-13-28)44-33-19-20-34-35(22-33)37(42)39(3)36(34)41)27-10-15-30(16-11-27)43-32-14-9-25-23-40(24-26(25)21-32)29-7-5-4-6-8-29/h4-22H,23-24H2,1-3H3. The molecule has 0 saturated heterocycles. The van der Waals surface area contributed by atoms with Crippen molar-refractivity contribution in [3.05, 3.63) is 149 Å². The summed E-state index contributed by atoms with van der Waals surface area (Å²) in [5.41, 5.74) is 6.68. The van der Waals surface area contributed by atoms with Crippen LogP contribution in [0.3, 0.4) is 0 Å². The van der Waals surface area contributed by atoms with E-state index >= 15 is 0 Å². The molecule has 5 aromatic rings. The number of anilines is 1. The van der Waals surface area contributed by atoms with Gasteiger partial charge in [0.2, 0.25) is 0 Å². The molecule has 0 saturated carbocycles. The van der Waals surface area contributed by atoms with Gasteiger partial charge in [-0.25, -0.2) is 0 Å². The zero-order chi connectivity index (χ0) is 30.4. The number of carbonyl (C=O) groups is 2. The molecule has 0 radical (unpaired) electrons. The summed E-state index contributed by atoms with van der Waals surface area (Å²) in [7, 11) is 1.49. The molecule has 5 aromatic carbocycles. The molecule has 0 unspecified atom stereocenters. The topological polar surface area (TPSA) is 59.1 Å². The van der Waals surface area contributed by atoms with Crippen molar-refractivity contribution in [3.8, 4) is 23.0 Å². The van der Waals surface area contributed by atoms with Crippen molar-refractivity contribution in [2.24, 2.45) is 0 Å². The van der Waals surface area contributed by atoms with Crippen molar-refractivity contribution in [3.63, 3.8) is 0 Å². The molecule has 7 rings (SSSR count). The van der Waals surface area contributed by atoms with E-state index in [2.05, 4.69) is 79.4 Å². The molecular formula is C38H32N2O4. The molecule has 2 amide bonds. The summed E-state index contributed by atoms with van der Waals surface area (Å²) in [5.74, 6) is 2.20. The third-order valence-corrected chi connectivity index (χ3v) is 8.71. The smallest absolute Gasteiger partial charge is 0.261 e. The van der Waals surface area contributed by atoms with Crippen molar-refractivity contribution in [1.82, 2.24) is 4.90 Å². The second kappa shape index (κ2) is 10.7. The van der Waals surface area contributed by atoms with E-state index in [0.29, 0.717) is 22.6 Å². The molecule has 2 heterocycles. The third-order valence-electron chi connectivity index (χ3n) is 8.71. The van der Waals surface area contributed by atoms with Gasteiger partial charge in [-0.2, -0.15) is 0 Å². The Hall–Kier alpha value is -5.36. The molecular weight excluding hydrogens is 548 g/mol. The van der Waals surface area contributed by atoms with Gasteiger partial charge < -0.3 is 14.4 Å². The highest BCUT2D eigenvalue weighted by atomic mass is 16.5. The summed E-state index contributed by atoms with van der Waals surface area (Å²) in [6.07, 6.45) is 0. The maximum absolute atomic E-state index is 12.4. The van der Waals surface area contributed by atoms with Gasteiger partial charge >= 0.3 is 0 Å². The Kier molecular flexibility index (Phi) is 6.70. The number of hydrogen-bond acceptors (Lipinski definition) is 5. The van der Waals surface area contributed by atoms with E-state index in [0.717, 1.165) is 40.6 Å². The molecule has 0 bridgehead atoms. The van der Waals surface area contributed by atoms with E-state index in [1.807, 2.05) is 36.4 Å². The molecule has 2 aliphatic rings. The zero-order valence-corrected chi connectivity index (χ0v) is 24.9. The lowest BCUT2D eigenvalue weighted by Gasteiger charge is -2.26. The molecule has 6 nitrogen and oxygen atoms in total. The molecule has 0 atom stereocenters. The first-order valence-electron chi connectivity index (χ1n) is 14.7. The summed E-state index contributed by atoms with van der Waals surface area (Å²) in [4.78, 5) is 28.0. The van der Waals surface area contributed by atoms with Crippen molar-refractivity contribution in [2.45, 2.75) is 32.4 Å². The van der Waals surface area contributed by atoms with Gasteiger partial charge in [-0.3, -0.25) is 14.5 Å². The summed E-state index contributed by atoms with van der Waals surface area (Å²) in [5, 5.41) is 0. The lowest BCUT2D eigenvalue weighted by molar-refractivity contribution is 0.0693. The van der Waals surface area contributed by atoms with Crippen molar-refractivity contribution in [1.29, 1.82) is 0 Å². The Morgan fingerprint density at radius 2 is 1.09 bits per heavy atom. The lowest BCUT2D eigenvalue weighted by Crippen LogP contribution is -2.24. The first kappa shape index (κ1) is 27.5. The second-order valence-corrected chi connectivity index (χ2v) is 11.9. The Morgan fingerprint density at radius 3 is 1.73 bits per heavy atom. The minimum absolute atomic E-state index is 0.254. The van der Waals surface area contributed by atoms with E-state index in [9.17, 15) is 9.59 Å². The van der Waals surface area contributed by atoms with Gasteiger partial charge in [-0.05, 0) is 89.0 Å². The highest BCUT2D eigenvalue weighted by Crippen LogP contribution is 2.36. The van der Waals surface area contributed by atoms with Crippen LogP contribution in [0.5, 0.6) is 23.0 Å². The third kappa shape index (κ3) is 4.98. The highest BCUT2D eigenvalue weighted by Gasteiger charge is 2.33. The number of amides is 2. The van der Waals surface area contributed by atoms with Gasteiger partial charge in [-0.15, -0.1) is 0 Å². The molecule has 44 heavy (non-hydrogen) atoms. The van der Waals surface area contributed by atoms with Crippen LogP contribution in [0, 0.1) is 0 Å². The number of rotatable bonds is 7. The molecule has 0 spiro atoms. The Bertz CT molecular complexity index is 1880. The van der Waals surface area contributed by atoms with Crippen molar-refractivity contribution in [2.75, 3.05) is 11.9 Å². The summed E-state index contributed by atoms with van der Waals surface area (Å²) < 4.78 is 12.3. The van der Waals surface area contributed by atoms with E-state index in [1.54, 1.807) is 18.2 Å². The van der Waals surface area contributed by atoms with Crippen molar-refractivity contribution < 1.29 is 19.1 Å². The van der Waals surface area contributed by atoms with E-state index < -0.39 is 0 Å². The SMILES string of the molecule is CN1C(=O)c2ccc(Oc3ccc(C(C)(C)c4ccc(Oc5ccc6c(c5)CN(c5ccccc5)C6)cc4)cc3)cc2C1=O. The Balaban J connectivity index is 1.01. The van der Waals surface area contributed by atoms with Gasteiger partial charge in [0, 0.05) is 31.2 Å². The number of hydrogen-bond donors (Lipinski definition) is 0. The number of ether oxygens (including phenoxy) is 2. The quantitative estimate of drug-likeness (QED) is 0.181. The van der Waals surface area contributed by atoms with Crippen molar-refractivity contribution >= 4 is 17.5 Å². The van der Waals surface area contributed by atoms with Gasteiger partial charge in [-0.1, -0.05) is 62.4 Å². The lowest BCUT2D eigenvalue weighted by atomic mass is 9.78. The summed E-state index contributed by atoms with van der Waals surface area (Å²) >= 11 is 0. The molecule has 0 N–H and O–H groups in total. The van der Waals surface area contributed by atoms with Crippen LogP contribution >= 0.6 is 0 Å². The van der Waals surface area contributed by atoms with Crippen LogP contribution in [0.4, 0.5) is 5.69 Å². The zero-order valence-electron chi connectivity index (χ0n) is 24.9. The predicted molar refractivity (Wildman–Crippen MR) is 171 cm³/mol. The molecule has 0 aromatic heterocycles. The number of imide groups is 1. The van der Waals surface area contributed by atoms with Gasteiger partial charge in [0.1, 0.15) is 23.0 Å². The fraction of sp³-hybridized carbons (Fsp3) is 0.158. The van der Waals surface area contributed by atoms with E-state index in [1.165, 1.54) is 23.9 Å². The molecule has 0 aliphatic carbocycles. The fourth-order valence-corrected chi connectivity index (χ4v) is 5.98. The van der Waals surface area contributed by atoms with Crippen LogP contribution in [-0.2, 0) is 18.5 Å². The van der Waals surface area contributed by atoms with Crippen LogP contribution in [0.15, 0.2) is 115 Å². The first-order chi connectivity index (χ1) is 21.3. The van der Waals surface area contributed by atoms with Crippen LogP contribution in [0.1, 0.15) is 56.8 Å². The Morgan fingerprint density at radius 1 is 0.568 bits per heavy atom. The number of nitrogens with zero attached hydrogens (tertiary/aromatic N) is 2. The molecule has 0 fully saturated rings. The maximum atomic E-state index is 12.4. The number of para-hydroxylation sites is 1. The van der Waals surface area contributed by atoms with Gasteiger partial charge in [0.05, 0.1) is 11.1 Å². The number of benzene rings is 5. The molecule has 218 valence electrons. The minimum Gasteiger partial charge on any atom is -0.457 e. The Labute approximate surface area is 257 Å². The summed E-state index contributed by atoms with van der Waals surface area (Å²) in [6.45, 7) is 6.17. The first-order valence-corrected chi connectivity index (χ1v) is 14.7. The summed E-state index contributed by atoms with van der Waals surface area (Å²) in [6, 6.07) is 38.1. The maximum Gasteiger partial charge on any atom is 0.261 e.